The topological polar surface area (TPSA) is 38.5 Å². The highest BCUT2D eigenvalue weighted by Crippen LogP contribution is 2.28. The zero-order chi connectivity index (χ0) is 14.5. The molecule has 1 aliphatic heterocycles. The third-order valence-electron chi connectivity index (χ3n) is 3.85. The molecule has 3 nitrogen and oxygen atoms in total. The van der Waals surface area contributed by atoms with Gasteiger partial charge in [0.05, 0.1) is 11.1 Å². The Bertz CT molecular complexity index is 438. The predicted molar refractivity (Wildman–Crippen MR) is 87.2 cm³/mol. The summed E-state index contributed by atoms with van der Waals surface area (Å²) < 4.78 is 6.72. The van der Waals surface area contributed by atoms with Crippen LogP contribution in [0.3, 0.4) is 0 Å². The Kier molecular flexibility index (Phi) is 6.30. The molecule has 1 aliphatic rings. The maximum atomic E-state index is 6.05. The molecular formula is C15H22BrClN2O. The fourth-order valence-electron chi connectivity index (χ4n) is 2.69. The Morgan fingerprint density at radius 3 is 2.90 bits per heavy atom. The summed E-state index contributed by atoms with van der Waals surface area (Å²) in [4.78, 5) is 2.28. The molecular weight excluding hydrogens is 340 g/mol. The highest BCUT2D eigenvalue weighted by molar-refractivity contribution is 9.10. The molecule has 2 N–H and O–H groups in total. The second kappa shape index (κ2) is 7.76. The number of likely N-dealkylation sites (N-methyl/N-ethyl adjacent to an activating group) is 1. The van der Waals surface area contributed by atoms with Gasteiger partial charge in [0.2, 0.25) is 0 Å². The molecule has 0 amide bonds. The van der Waals surface area contributed by atoms with Crippen LogP contribution in [0.4, 0.5) is 0 Å². The summed E-state index contributed by atoms with van der Waals surface area (Å²) in [7, 11) is 2.11. The summed E-state index contributed by atoms with van der Waals surface area (Å²) >= 11 is 9.53. The van der Waals surface area contributed by atoms with Gasteiger partial charge in [-0.15, -0.1) is 0 Å². The third kappa shape index (κ3) is 4.18. The van der Waals surface area contributed by atoms with Crippen LogP contribution in [-0.4, -0.2) is 37.7 Å². The largest absolute Gasteiger partial charge is 0.377 e. The number of hydrogen-bond acceptors (Lipinski definition) is 3. The smallest absolute Gasteiger partial charge is 0.0702 e. The summed E-state index contributed by atoms with van der Waals surface area (Å²) in [5.74, 6) is 0. The number of hydrogen-bond donors (Lipinski definition) is 1. The molecule has 1 saturated heterocycles. The maximum absolute atomic E-state index is 6.05. The molecule has 0 spiro atoms. The molecule has 0 bridgehead atoms. The van der Waals surface area contributed by atoms with Gasteiger partial charge in [-0.1, -0.05) is 17.7 Å². The Labute approximate surface area is 134 Å². The van der Waals surface area contributed by atoms with E-state index in [1.165, 1.54) is 18.4 Å². The van der Waals surface area contributed by atoms with E-state index in [9.17, 15) is 0 Å². The Balaban J connectivity index is 2.03. The van der Waals surface area contributed by atoms with E-state index in [0.717, 1.165) is 29.1 Å². The lowest BCUT2D eigenvalue weighted by Gasteiger charge is -2.32. The van der Waals surface area contributed by atoms with Crippen molar-refractivity contribution in [3.05, 3.63) is 33.3 Å². The van der Waals surface area contributed by atoms with E-state index in [4.69, 9.17) is 22.1 Å². The average molecular weight is 362 g/mol. The van der Waals surface area contributed by atoms with Crippen LogP contribution in [0, 0.1) is 0 Å². The summed E-state index contributed by atoms with van der Waals surface area (Å²) in [6.07, 6.45) is 3.92. The molecule has 1 aromatic carbocycles. The van der Waals surface area contributed by atoms with Crippen LogP contribution in [0.2, 0.25) is 5.02 Å². The van der Waals surface area contributed by atoms with Crippen LogP contribution in [0.5, 0.6) is 0 Å². The number of nitrogens with zero attached hydrogens (tertiary/aromatic N) is 1. The number of halogens is 2. The minimum Gasteiger partial charge on any atom is -0.377 e. The van der Waals surface area contributed by atoms with Crippen molar-refractivity contribution >= 4 is 27.5 Å². The second-order valence-electron chi connectivity index (χ2n) is 5.35. The number of nitrogens with two attached hydrogens (primary N) is 1. The first-order chi connectivity index (χ1) is 9.61. The monoisotopic (exact) mass is 360 g/mol. The lowest BCUT2D eigenvalue weighted by atomic mass is 10.0. The first kappa shape index (κ1) is 16.2. The van der Waals surface area contributed by atoms with E-state index < -0.39 is 0 Å². The van der Waals surface area contributed by atoms with Crippen molar-refractivity contribution in [3.8, 4) is 0 Å². The van der Waals surface area contributed by atoms with E-state index in [1.807, 2.05) is 12.1 Å². The van der Waals surface area contributed by atoms with Crippen molar-refractivity contribution < 1.29 is 4.74 Å². The summed E-state index contributed by atoms with van der Waals surface area (Å²) in [6, 6.07) is 6.20. The lowest BCUT2D eigenvalue weighted by Crippen LogP contribution is -2.38. The van der Waals surface area contributed by atoms with E-state index in [2.05, 4.69) is 33.9 Å². The molecule has 2 rings (SSSR count). The summed E-state index contributed by atoms with van der Waals surface area (Å²) in [5, 5.41) is 0.725. The van der Waals surface area contributed by atoms with Crippen LogP contribution in [-0.2, 0) is 4.74 Å². The summed E-state index contributed by atoms with van der Waals surface area (Å²) in [5.41, 5.74) is 7.15. The number of ether oxygens (including phenoxy) is 1. The molecule has 0 aromatic heterocycles. The van der Waals surface area contributed by atoms with Crippen molar-refractivity contribution in [1.82, 2.24) is 4.90 Å². The van der Waals surface area contributed by atoms with Crippen LogP contribution in [0.1, 0.15) is 30.9 Å². The van der Waals surface area contributed by atoms with E-state index in [1.54, 1.807) is 0 Å². The zero-order valence-corrected chi connectivity index (χ0v) is 14.2. The van der Waals surface area contributed by atoms with Gasteiger partial charge in [-0.3, -0.25) is 4.90 Å². The minimum atomic E-state index is 0.189. The molecule has 1 heterocycles. The Morgan fingerprint density at radius 2 is 2.30 bits per heavy atom. The second-order valence-corrected chi connectivity index (χ2v) is 6.61. The molecule has 0 radical (unpaired) electrons. The molecule has 2 unspecified atom stereocenters. The van der Waals surface area contributed by atoms with Crippen molar-refractivity contribution in [1.29, 1.82) is 0 Å². The van der Waals surface area contributed by atoms with Crippen LogP contribution in [0.25, 0.3) is 0 Å². The number of benzene rings is 1. The molecule has 1 fully saturated rings. The predicted octanol–water partition coefficient (Wildman–Crippen LogP) is 3.60. The molecule has 1 aromatic rings. The van der Waals surface area contributed by atoms with Crippen LogP contribution < -0.4 is 5.73 Å². The lowest BCUT2D eigenvalue weighted by molar-refractivity contribution is -0.00777. The molecule has 0 aliphatic carbocycles. The van der Waals surface area contributed by atoms with Crippen molar-refractivity contribution in [3.63, 3.8) is 0 Å². The highest BCUT2D eigenvalue weighted by atomic mass is 79.9. The Hall–Kier alpha value is -0.130. The summed E-state index contributed by atoms with van der Waals surface area (Å²) in [6.45, 7) is 2.39. The average Bonchev–Trinajstić information content (AvgIpc) is 2.44. The van der Waals surface area contributed by atoms with Gasteiger partial charge in [-0.2, -0.15) is 0 Å². The standard InChI is InChI=1S/C15H22BrClN2O/c1-19(10-12-4-2-3-7-20-12)15(9-18)11-5-6-14(17)13(16)8-11/h5-6,8,12,15H,2-4,7,9-10,18H2,1H3. The molecule has 5 heteroatoms. The van der Waals surface area contributed by atoms with Gasteiger partial charge in [0.1, 0.15) is 0 Å². The first-order valence-electron chi connectivity index (χ1n) is 7.08. The van der Waals surface area contributed by atoms with Gasteiger partial charge in [-0.25, -0.2) is 0 Å². The van der Waals surface area contributed by atoms with Crippen LogP contribution >= 0.6 is 27.5 Å². The molecule has 0 saturated carbocycles. The van der Waals surface area contributed by atoms with Gasteiger partial charge in [0.25, 0.3) is 0 Å². The van der Waals surface area contributed by atoms with Gasteiger partial charge >= 0.3 is 0 Å². The fourth-order valence-corrected chi connectivity index (χ4v) is 3.20. The minimum absolute atomic E-state index is 0.189. The first-order valence-corrected chi connectivity index (χ1v) is 8.25. The van der Waals surface area contributed by atoms with Crippen LogP contribution in [0.15, 0.2) is 22.7 Å². The van der Waals surface area contributed by atoms with Crippen molar-refractivity contribution in [2.45, 2.75) is 31.4 Å². The maximum Gasteiger partial charge on any atom is 0.0702 e. The van der Waals surface area contributed by atoms with E-state index in [0.29, 0.717) is 12.6 Å². The van der Waals surface area contributed by atoms with Gasteiger partial charge in [-0.05, 0) is 59.9 Å². The van der Waals surface area contributed by atoms with Crippen molar-refractivity contribution in [2.24, 2.45) is 5.73 Å². The van der Waals surface area contributed by atoms with Gasteiger partial charge < -0.3 is 10.5 Å². The third-order valence-corrected chi connectivity index (χ3v) is 5.06. The fraction of sp³-hybridized carbons (Fsp3) is 0.600. The molecule has 20 heavy (non-hydrogen) atoms. The van der Waals surface area contributed by atoms with Gasteiger partial charge in [0.15, 0.2) is 0 Å². The quantitative estimate of drug-likeness (QED) is 0.871. The SMILES string of the molecule is CN(CC1CCCCO1)C(CN)c1ccc(Cl)c(Br)c1. The number of rotatable bonds is 5. The molecule has 2 atom stereocenters. The Morgan fingerprint density at radius 1 is 1.50 bits per heavy atom. The van der Waals surface area contributed by atoms with E-state index in [-0.39, 0.29) is 6.04 Å². The molecule has 112 valence electrons. The highest BCUT2D eigenvalue weighted by Gasteiger charge is 2.21. The van der Waals surface area contributed by atoms with Crippen molar-refractivity contribution in [2.75, 3.05) is 26.7 Å². The zero-order valence-electron chi connectivity index (χ0n) is 11.8. The van der Waals surface area contributed by atoms with E-state index >= 15 is 0 Å². The normalized spacial score (nSPS) is 21.1. The van der Waals surface area contributed by atoms with Gasteiger partial charge in [0, 0.05) is 30.2 Å².